The molecule has 1 aliphatic heterocycles. The highest BCUT2D eigenvalue weighted by atomic mass is 32.2. The molecule has 0 radical (unpaired) electrons. The highest BCUT2D eigenvalue weighted by molar-refractivity contribution is 7.89. The fourth-order valence-electron chi connectivity index (χ4n) is 2.39. The third-order valence-electron chi connectivity index (χ3n) is 3.39. The van der Waals surface area contributed by atoms with E-state index in [1.54, 1.807) is 28.6 Å². The van der Waals surface area contributed by atoms with Crippen molar-refractivity contribution in [3.63, 3.8) is 0 Å². The van der Waals surface area contributed by atoms with Crippen LogP contribution in [0.1, 0.15) is 26.7 Å². The average Bonchev–Trinajstić information content (AvgIpc) is 2.40. The molecule has 0 amide bonds. The van der Waals surface area contributed by atoms with Gasteiger partial charge in [0.25, 0.3) is 0 Å². The summed E-state index contributed by atoms with van der Waals surface area (Å²) >= 11 is 0. The Hall–Kier alpha value is -1.07. The van der Waals surface area contributed by atoms with Crippen LogP contribution >= 0.6 is 0 Å². The number of hydrogen-bond donors (Lipinski definition) is 0. The summed E-state index contributed by atoms with van der Waals surface area (Å²) < 4.78 is 31.9. The zero-order valence-corrected chi connectivity index (χ0v) is 12.3. The van der Waals surface area contributed by atoms with Crippen molar-refractivity contribution in [2.45, 2.75) is 31.6 Å². The molecule has 4 nitrogen and oxygen atoms in total. The van der Waals surface area contributed by atoms with Gasteiger partial charge in [0.15, 0.2) is 0 Å². The molecule has 0 bridgehead atoms. The van der Waals surface area contributed by atoms with Crippen LogP contribution in [-0.2, 0) is 10.0 Å². The Labute approximate surface area is 115 Å². The summed E-state index contributed by atoms with van der Waals surface area (Å²) in [5, 5.41) is 0. The van der Waals surface area contributed by atoms with Gasteiger partial charge < -0.3 is 4.74 Å². The molecular formula is C14H21NO3S. The largest absolute Gasteiger partial charge is 0.494 e. The molecule has 0 aliphatic carbocycles. The third kappa shape index (κ3) is 3.28. The molecule has 106 valence electrons. The van der Waals surface area contributed by atoms with E-state index in [0.29, 0.717) is 36.3 Å². The maximum Gasteiger partial charge on any atom is 0.243 e. The van der Waals surface area contributed by atoms with Gasteiger partial charge in [0.05, 0.1) is 11.5 Å². The average molecular weight is 283 g/mol. The number of ether oxygens (including phenoxy) is 1. The summed E-state index contributed by atoms with van der Waals surface area (Å²) in [5.74, 6) is 1.14. The highest BCUT2D eigenvalue weighted by Crippen LogP contribution is 2.24. The van der Waals surface area contributed by atoms with E-state index in [0.717, 1.165) is 12.8 Å². The number of rotatable bonds is 4. The quantitative estimate of drug-likeness (QED) is 0.853. The van der Waals surface area contributed by atoms with Gasteiger partial charge in [0, 0.05) is 13.1 Å². The Balaban J connectivity index is 2.18. The molecule has 0 N–H and O–H groups in total. The lowest BCUT2D eigenvalue weighted by Gasteiger charge is -2.30. The third-order valence-corrected chi connectivity index (χ3v) is 5.27. The van der Waals surface area contributed by atoms with Gasteiger partial charge in [-0.2, -0.15) is 4.31 Å². The van der Waals surface area contributed by atoms with Crippen molar-refractivity contribution < 1.29 is 13.2 Å². The lowest BCUT2D eigenvalue weighted by atomic mass is 10.0. The second-order valence-electron chi connectivity index (χ2n) is 5.01. The summed E-state index contributed by atoms with van der Waals surface area (Å²) in [6.45, 7) is 5.82. The van der Waals surface area contributed by atoms with Crippen LogP contribution in [0, 0.1) is 5.92 Å². The van der Waals surface area contributed by atoms with E-state index in [2.05, 4.69) is 6.92 Å². The van der Waals surface area contributed by atoms with Crippen LogP contribution in [0.5, 0.6) is 5.75 Å². The van der Waals surface area contributed by atoms with Crippen LogP contribution in [-0.4, -0.2) is 32.4 Å². The summed E-state index contributed by atoms with van der Waals surface area (Å²) in [4.78, 5) is 0.352. The van der Waals surface area contributed by atoms with E-state index in [9.17, 15) is 8.42 Å². The van der Waals surface area contributed by atoms with Gasteiger partial charge in [-0.05, 0) is 49.9 Å². The van der Waals surface area contributed by atoms with Crippen LogP contribution in [0.4, 0.5) is 0 Å². The molecule has 1 saturated heterocycles. The monoisotopic (exact) mass is 283 g/mol. The van der Waals surface area contributed by atoms with Gasteiger partial charge in [-0.1, -0.05) is 6.92 Å². The molecule has 1 heterocycles. The Bertz CT molecular complexity index is 510. The Kier molecular flexibility index (Phi) is 4.47. The molecule has 1 aromatic rings. The fourth-order valence-corrected chi connectivity index (χ4v) is 3.99. The summed E-state index contributed by atoms with van der Waals surface area (Å²) in [5.41, 5.74) is 0. The van der Waals surface area contributed by atoms with Gasteiger partial charge >= 0.3 is 0 Å². The maximum absolute atomic E-state index is 12.5. The van der Waals surface area contributed by atoms with Gasteiger partial charge in [0.1, 0.15) is 5.75 Å². The summed E-state index contributed by atoms with van der Waals surface area (Å²) in [6.07, 6.45) is 2.05. The first kappa shape index (κ1) is 14.3. The molecule has 0 spiro atoms. The standard InChI is InChI=1S/C14H21NO3S/c1-3-18-13-6-8-14(9-7-13)19(16,17)15-10-4-5-12(2)11-15/h6-9,12H,3-5,10-11H2,1-2H3. The van der Waals surface area contributed by atoms with Gasteiger partial charge in [-0.25, -0.2) is 8.42 Å². The zero-order valence-electron chi connectivity index (χ0n) is 11.5. The minimum absolute atomic E-state index is 0.352. The van der Waals surface area contributed by atoms with Crippen molar-refractivity contribution >= 4 is 10.0 Å². The van der Waals surface area contributed by atoms with E-state index in [1.807, 2.05) is 6.92 Å². The van der Waals surface area contributed by atoms with Gasteiger partial charge in [0.2, 0.25) is 10.0 Å². The van der Waals surface area contributed by atoms with Crippen LogP contribution in [0.15, 0.2) is 29.2 Å². The SMILES string of the molecule is CCOc1ccc(S(=O)(=O)N2CCCC(C)C2)cc1. The Morgan fingerprint density at radius 2 is 2.00 bits per heavy atom. The first-order valence-corrected chi connectivity index (χ1v) is 8.21. The van der Waals surface area contributed by atoms with E-state index >= 15 is 0 Å². The van der Waals surface area contributed by atoms with E-state index in [1.165, 1.54) is 0 Å². The van der Waals surface area contributed by atoms with Crippen LogP contribution in [0.25, 0.3) is 0 Å². The number of hydrogen-bond acceptors (Lipinski definition) is 3. The van der Waals surface area contributed by atoms with Crippen molar-refractivity contribution in [1.82, 2.24) is 4.31 Å². The van der Waals surface area contributed by atoms with Gasteiger partial charge in [-0.3, -0.25) is 0 Å². The number of piperidine rings is 1. The smallest absolute Gasteiger partial charge is 0.243 e. The second-order valence-corrected chi connectivity index (χ2v) is 6.95. The summed E-state index contributed by atoms with van der Waals surface area (Å²) in [7, 11) is -3.35. The predicted octanol–water partition coefficient (Wildman–Crippen LogP) is 2.51. The van der Waals surface area contributed by atoms with Crippen molar-refractivity contribution in [3.05, 3.63) is 24.3 Å². The Morgan fingerprint density at radius 1 is 1.32 bits per heavy atom. The zero-order chi connectivity index (χ0) is 13.9. The van der Waals surface area contributed by atoms with Crippen molar-refractivity contribution in [2.24, 2.45) is 5.92 Å². The molecule has 0 aromatic heterocycles. The minimum Gasteiger partial charge on any atom is -0.494 e. The highest BCUT2D eigenvalue weighted by Gasteiger charge is 2.28. The van der Waals surface area contributed by atoms with E-state index in [-0.39, 0.29) is 0 Å². The van der Waals surface area contributed by atoms with Crippen LogP contribution in [0.2, 0.25) is 0 Å². The second kappa shape index (κ2) is 5.92. The molecule has 1 fully saturated rings. The first-order valence-electron chi connectivity index (χ1n) is 6.77. The van der Waals surface area contributed by atoms with Crippen LogP contribution in [0.3, 0.4) is 0 Å². The number of sulfonamides is 1. The van der Waals surface area contributed by atoms with Crippen molar-refractivity contribution in [1.29, 1.82) is 0 Å². The lowest BCUT2D eigenvalue weighted by molar-refractivity contribution is 0.281. The normalized spacial score (nSPS) is 21.3. The number of nitrogens with zero attached hydrogens (tertiary/aromatic N) is 1. The van der Waals surface area contributed by atoms with E-state index in [4.69, 9.17) is 4.74 Å². The summed E-state index contributed by atoms with van der Waals surface area (Å²) in [6, 6.07) is 6.67. The van der Waals surface area contributed by atoms with E-state index < -0.39 is 10.0 Å². The molecule has 1 unspecified atom stereocenters. The molecular weight excluding hydrogens is 262 g/mol. The fraction of sp³-hybridized carbons (Fsp3) is 0.571. The first-order chi connectivity index (χ1) is 9.04. The molecule has 1 atom stereocenters. The Morgan fingerprint density at radius 3 is 2.58 bits per heavy atom. The molecule has 1 aliphatic rings. The maximum atomic E-state index is 12.5. The molecule has 19 heavy (non-hydrogen) atoms. The minimum atomic E-state index is -3.35. The predicted molar refractivity (Wildman–Crippen MR) is 74.8 cm³/mol. The molecule has 5 heteroatoms. The van der Waals surface area contributed by atoms with Gasteiger partial charge in [-0.15, -0.1) is 0 Å². The molecule has 2 rings (SSSR count). The number of benzene rings is 1. The molecule has 0 saturated carbocycles. The lowest BCUT2D eigenvalue weighted by Crippen LogP contribution is -2.39. The van der Waals surface area contributed by atoms with Crippen molar-refractivity contribution in [3.8, 4) is 5.75 Å². The van der Waals surface area contributed by atoms with Crippen LogP contribution < -0.4 is 4.74 Å². The topological polar surface area (TPSA) is 46.6 Å². The molecule has 1 aromatic carbocycles. The van der Waals surface area contributed by atoms with Crippen molar-refractivity contribution in [2.75, 3.05) is 19.7 Å².